The number of alkyl halides is 6. The van der Waals surface area contributed by atoms with Crippen molar-refractivity contribution in [3.63, 3.8) is 0 Å². The molecule has 4 rings (SSSR count). The Labute approximate surface area is 236 Å². The van der Waals surface area contributed by atoms with Crippen LogP contribution < -0.4 is 5.32 Å². The highest BCUT2D eigenvalue weighted by atomic mass is 35.5. The number of benzene rings is 3. The maximum absolute atomic E-state index is 13.4. The van der Waals surface area contributed by atoms with Crippen LogP contribution in [0.15, 0.2) is 78.9 Å². The molecule has 1 unspecified atom stereocenters. The van der Waals surface area contributed by atoms with Gasteiger partial charge in [-0.15, -0.1) is 12.4 Å². The summed E-state index contributed by atoms with van der Waals surface area (Å²) < 4.78 is 86.3. The van der Waals surface area contributed by atoms with E-state index in [4.69, 9.17) is 4.74 Å². The van der Waals surface area contributed by atoms with E-state index in [0.717, 1.165) is 24.9 Å². The number of nitrogens with one attached hydrogen (secondary N) is 1. The van der Waals surface area contributed by atoms with E-state index < -0.39 is 41.6 Å². The third kappa shape index (κ3) is 8.00. The van der Waals surface area contributed by atoms with Crippen molar-refractivity contribution in [2.75, 3.05) is 13.2 Å². The molecule has 3 aromatic rings. The van der Waals surface area contributed by atoms with Crippen LogP contribution in [0.25, 0.3) is 0 Å². The predicted molar refractivity (Wildman–Crippen MR) is 143 cm³/mol. The van der Waals surface area contributed by atoms with Gasteiger partial charge in [0.05, 0.1) is 24.3 Å². The molecule has 0 aromatic heterocycles. The molecule has 1 aliphatic rings. The van der Waals surface area contributed by atoms with Gasteiger partial charge in [-0.2, -0.15) is 26.3 Å². The summed E-state index contributed by atoms with van der Waals surface area (Å²) in [5.74, 6) is 0. The number of hydrogen-bond acceptors (Lipinski definition) is 3. The van der Waals surface area contributed by atoms with Gasteiger partial charge in [0.25, 0.3) is 0 Å². The number of hydrogen-bond donors (Lipinski definition) is 2. The summed E-state index contributed by atoms with van der Waals surface area (Å²) >= 11 is 0. The summed E-state index contributed by atoms with van der Waals surface area (Å²) in [6.45, 7) is 0.0139. The molecule has 2 N–H and O–H groups in total. The Morgan fingerprint density at radius 3 is 1.85 bits per heavy atom. The van der Waals surface area contributed by atoms with Crippen molar-refractivity contribution in [1.29, 1.82) is 0 Å². The lowest BCUT2D eigenvalue weighted by atomic mass is 9.68. The first-order valence-electron chi connectivity index (χ1n) is 12.8. The Balaban J connectivity index is 0.00000441. The molecular weight excluding hydrogens is 556 g/mol. The quantitative estimate of drug-likeness (QED) is 0.250. The van der Waals surface area contributed by atoms with Crippen molar-refractivity contribution in [3.8, 4) is 0 Å². The standard InChI is InChI=1S/C30H31F6NO2.ClH/c31-29(32,33)24-15-22(16-25(17-24)30(34,35)36)27(19-38)39-20-28(23-9-5-2-6-10-23)13-11-26(12-14-28)37-18-21-7-3-1-4-8-21;/h1-10,15-17,26-27,37-38H,11-14,18-20H2;1H/t26-,27?,28+;. The van der Waals surface area contributed by atoms with Gasteiger partial charge < -0.3 is 15.2 Å². The molecule has 0 heterocycles. The minimum Gasteiger partial charge on any atom is -0.393 e. The molecule has 3 aromatic carbocycles. The van der Waals surface area contributed by atoms with Gasteiger partial charge in [-0.05, 0) is 60.6 Å². The fourth-order valence-corrected chi connectivity index (χ4v) is 5.22. The van der Waals surface area contributed by atoms with Gasteiger partial charge in [0, 0.05) is 18.0 Å². The third-order valence-corrected chi connectivity index (χ3v) is 7.47. The van der Waals surface area contributed by atoms with E-state index in [-0.39, 0.29) is 36.7 Å². The normalized spacial score (nSPS) is 20.5. The first-order valence-corrected chi connectivity index (χ1v) is 12.8. The minimum atomic E-state index is -4.98. The molecule has 1 fully saturated rings. The zero-order valence-electron chi connectivity index (χ0n) is 21.6. The first-order chi connectivity index (χ1) is 18.5. The summed E-state index contributed by atoms with van der Waals surface area (Å²) in [6.07, 6.45) is -8.26. The molecule has 10 heteroatoms. The summed E-state index contributed by atoms with van der Waals surface area (Å²) in [7, 11) is 0. The van der Waals surface area contributed by atoms with E-state index in [1.165, 1.54) is 5.56 Å². The van der Waals surface area contributed by atoms with E-state index in [1.54, 1.807) is 0 Å². The van der Waals surface area contributed by atoms with Crippen molar-refractivity contribution < 1.29 is 36.2 Å². The highest BCUT2D eigenvalue weighted by Gasteiger charge is 2.40. The zero-order valence-corrected chi connectivity index (χ0v) is 22.5. The van der Waals surface area contributed by atoms with Crippen LogP contribution in [0, 0.1) is 0 Å². The van der Waals surface area contributed by atoms with Crippen LogP contribution in [0.3, 0.4) is 0 Å². The van der Waals surface area contributed by atoms with Gasteiger partial charge in [-0.1, -0.05) is 60.7 Å². The molecule has 3 nitrogen and oxygen atoms in total. The summed E-state index contributed by atoms with van der Waals surface area (Å²) in [5.41, 5.74) is -1.56. The topological polar surface area (TPSA) is 41.5 Å². The maximum atomic E-state index is 13.4. The molecule has 1 aliphatic carbocycles. The monoisotopic (exact) mass is 587 g/mol. The first kappa shape index (κ1) is 31.9. The van der Waals surface area contributed by atoms with Gasteiger partial charge in [-0.3, -0.25) is 0 Å². The van der Waals surface area contributed by atoms with Gasteiger partial charge >= 0.3 is 12.4 Å². The van der Waals surface area contributed by atoms with Gasteiger partial charge in [-0.25, -0.2) is 0 Å². The number of halogens is 7. The molecule has 0 amide bonds. The van der Waals surface area contributed by atoms with Crippen LogP contribution in [0.2, 0.25) is 0 Å². The average molecular weight is 588 g/mol. The largest absolute Gasteiger partial charge is 0.416 e. The fourth-order valence-electron chi connectivity index (χ4n) is 5.22. The molecule has 0 aliphatic heterocycles. The van der Waals surface area contributed by atoms with E-state index in [2.05, 4.69) is 5.32 Å². The summed E-state index contributed by atoms with van der Waals surface area (Å²) in [6, 6.07) is 21.2. The second-order valence-corrected chi connectivity index (χ2v) is 10.1. The SMILES string of the molecule is Cl.OCC(OC[C@]1(c2ccccc2)CC[C@@H](NCc2ccccc2)CC1)c1cc(C(F)(F)F)cc(C(F)(F)F)c1. The molecule has 1 saturated carbocycles. The second kappa shape index (κ2) is 13.4. The van der Waals surface area contributed by atoms with Crippen molar-refractivity contribution in [2.24, 2.45) is 0 Å². The lowest BCUT2D eigenvalue weighted by Gasteiger charge is -2.41. The number of aliphatic hydroxyl groups excluding tert-OH is 1. The zero-order chi connectivity index (χ0) is 28.1. The molecule has 0 radical (unpaired) electrons. The van der Waals surface area contributed by atoms with Crippen molar-refractivity contribution in [1.82, 2.24) is 5.32 Å². The summed E-state index contributed by atoms with van der Waals surface area (Å²) in [5, 5.41) is 13.5. The van der Waals surface area contributed by atoms with Crippen molar-refractivity contribution in [3.05, 3.63) is 107 Å². The summed E-state index contributed by atoms with van der Waals surface area (Å²) in [4.78, 5) is 0. The predicted octanol–water partition coefficient (Wildman–Crippen LogP) is 7.87. The second-order valence-electron chi connectivity index (χ2n) is 10.1. The van der Waals surface area contributed by atoms with Gasteiger partial charge in [0.1, 0.15) is 6.10 Å². The van der Waals surface area contributed by atoms with Crippen LogP contribution >= 0.6 is 12.4 Å². The maximum Gasteiger partial charge on any atom is 0.416 e. The highest BCUT2D eigenvalue weighted by molar-refractivity contribution is 5.85. The van der Waals surface area contributed by atoms with Crippen LogP contribution in [0.4, 0.5) is 26.3 Å². The van der Waals surface area contributed by atoms with E-state index >= 15 is 0 Å². The molecule has 1 atom stereocenters. The van der Waals surface area contributed by atoms with Gasteiger partial charge in [0.2, 0.25) is 0 Å². The van der Waals surface area contributed by atoms with Gasteiger partial charge in [0.15, 0.2) is 0 Å². The third-order valence-electron chi connectivity index (χ3n) is 7.47. The average Bonchev–Trinajstić information content (AvgIpc) is 2.93. The minimum absolute atomic E-state index is 0. The van der Waals surface area contributed by atoms with Crippen molar-refractivity contribution in [2.45, 2.75) is 62.1 Å². The van der Waals surface area contributed by atoms with Crippen molar-refractivity contribution >= 4 is 12.4 Å². The van der Waals surface area contributed by atoms with E-state index in [1.807, 2.05) is 60.7 Å². The molecule has 0 saturated heterocycles. The molecule has 218 valence electrons. The van der Waals surface area contributed by atoms with E-state index in [0.29, 0.717) is 25.0 Å². The van der Waals surface area contributed by atoms with Crippen LogP contribution in [0.5, 0.6) is 0 Å². The Kier molecular flexibility index (Phi) is 10.7. The Hall–Kier alpha value is -2.59. The lowest BCUT2D eigenvalue weighted by molar-refractivity contribution is -0.143. The number of ether oxygens (including phenoxy) is 1. The highest BCUT2D eigenvalue weighted by Crippen LogP contribution is 2.42. The fraction of sp³-hybridized carbons (Fsp3) is 0.400. The molecule has 0 spiro atoms. The Morgan fingerprint density at radius 1 is 0.825 bits per heavy atom. The van der Waals surface area contributed by atoms with Crippen LogP contribution in [-0.4, -0.2) is 24.4 Å². The lowest BCUT2D eigenvalue weighted by Crippen LogP contribution is -2.42. The number of rotatable bonds is 9. The van der Waals surface area contributed by atoms with E-state index in [9.17, 15) is 31.4 Å². The van der Waals surface area contributed by atoms with Crippen LogP contribution in [-0.2, 0) is 29.0 Å². The molecule has 40 heavy (non-hydrogen) atoms. The molecule has 0 bridgehead atoms. The Bertz CT molecular complexity index is 1160. The Morgan fingerprint density at radius 2 is 1.35 bits per heavy atom. The molecular formula is C30H32ClF6NO2. The number of aliphatic hydroxyl groups is 1. The van der Waals surface area contributed by atoms with Crippen LogP contribution in [0.1, 0.15) is 59.6 Å². The smallest absolute Gasteiger partial charge is 0.393 e.